The Morgan fingerprint density at radius 1 is 1.26 bits per heavy atom. The molecule has 0 aromatic carbocycles. The van der Waals surface area contributed by atoms with Gasteiger partial charge in [-0.05, 0) is 50.4 Å². The third-order valence-electron chi connectivity index (χ3n) is 5.41. The highest BCUT2D eigenvalue weighted by molar-refractivity contribution is 7.86. The van der Waals surface area contributed by atoms with Gasteiger partial charge in [-0.15, -0.1) is 0 Å². The van der Waals surface area contributed by atoms with Crippen LogP contribution < -0.4 is 0 Å². The number of hydrogen-bond acceptors (Lipinski definition) is 6. The molecule has 4 saturated carbocycles. The van der Waals surface area contributed by atoms with Crippen LogP contribution in [0.2, 0.25) is 0 Å². The zero-order chi connectivity index (χ0) is 17.1. The van der Waals surface area contributed by atoms with E-state index in [1.165, 1.54) is 0 Å². The summed E-state index contributed by atoms with van der Waals surface area (Å²) in [5.74, 6) is -0.705. The molecule has 2 atom stereocenters. The summed E-state index contributed by atoms with van der Waals surface area (Å²) in [6.07, 6.45) is 2.73. The van der Waals surface area contributed by atoms with Crippen molar-refractivity contribution in [2.24, 2.45) is 17.3 Å². The third kappa shape index (κ3) is 3.23. The maximum atomic E-state index is 13.1. The number of carbonyl (C=O) groups excluding carboxylic acids is 1. The summed E-state index contributed by atoms with van der Waals surface area (Å²) in [6.45, 7) is -0.115. The highest BCUT2D eigenvalue weighted by Crippen LogP contribution is 2.61. The van der Waals surface area contributed by atoms with Gasteiger partial charge in [0.1, 0.15) is 6.42 Å². The van der Waals surface area contributed by atoms with Crippen LogP contribution in [0.3, 0.4) is 0 Å². The minimum absolute atomic E-state index is 0.115. The van der Waals surface area contributed by atoms with Crippen LogP contribution in [0.4, 0.5) is 8.78 Å². The number of rotatable bonds is 5. The van der Waals surface area contributed by atoms with Crippen molar-refractivity contribution in [3.8, 4) is 0 Å². The molecule has 0 aromatic heterocycles. The summed E-state index contributed by atoms with van der Waals surface area (Å²) in [4.78, 5) is 11.5. The molecule has 2 unspecified atom stereocenters. The highest BCUT2D eigenvalue weighted by Gasteiger charge is 2.57. The van der Waals surface area contributed by atoms with Gasteiger partial charge in [0, 0.05) is 5.41 Å². The van der Waals surface area contributed by atoms with Crippen molar-refractivity contribution >= 4 is 16.1 Å². The van der Waals surface area contributed by atoms with E-state index in [2.05, 4.69) is 0 Å². The van der Waals surface area contributed by atoms with E-state index in [1.807, 2.05) is 0 Å². The molecule has 4 aliphatic rings. The van der Waals surface area contributed by atoms with Crippen LogP contribution >= 0.6 is 0 Å². The number of carbonyl (C=O) groups is 1. The fraction of sp³-hybridized carbons (Fsp3) is 0.929. The molecule has 4 rings (SSSR count). The van der Waals surface area contributed by atoms with Gasteiger partial charge in [-0.1, -0.05) is 0 Å². The summed E-state index contributed by atoms with van der Waals surface area (Å²) in [5.41, 5.74) is -1.18. The van der Waals surface area contributed by atoms with Crippen LogP contribution in [0.15, 0.2) is 0 Å². The van der Waals surface area contributed by atoms with E-state index in [1.54, 1.807) is 0 Å². The third-order valence-corrected chi connectivity index (χ3v) is 6.28. The van der Waals surface area contributed by atoms with Crippen LogP contribution in [0.5, 0.6) is 0 Å². The zero-order valence-electron chi connectivity index (χ0n) is 12.5. The molecule has 0 amide bonds. The van der Waals surface area contributed by atoms with Gasteiger partial charge in [-0.3, -0.25) is 4.79 Å². The van der Waals surface area contributed by atoms with Gasteiger partial charge in [0.15, 0.2) is 10.1 Å². The summed E-state index contributed by atoms with van der Waals surface area (Å²) in [6, 6.07) is 0. The van der Waals surface area contributed by atoms with E-state index >= 15 is 0 Å². The van der Waals surface area contributed by atoms with Gasteiger partial charge < -0.3 is 14.4 Å². The largest absolute Gasteiger partial charge is 0.743 e. The monoisotopic (exact) mass is 353 g/mol. The van der Waals surface area contributed by atoms with Crippen molar-refractivity contribution in [1.29, 1.82) is 0 Å². The fourth-order valence-electron chi connectivity index (χ4n) is 5.11. The maximum Gasteiger partial charge on any atom is 0.344 e. The Kier molecular flexibility index (Phi) is 3.77. The minimum atomic E-state index is -5.89. The van der Waals surface area contributed by atoms with E-state index in [4.69, 9.17) is 4.74 Å². The Labute approximate surface area is 132 Å². The Morgan fingerprint density at radius 2 is 1.83 bits per heavy atom. The summed E-state index contributed by atoms with van der Waals surface area (Å²) in [5, 5.41) is 5.88. The number of ether oxygens (including phenoxy) is 1. The second-order valence-corrected chi connectivity index (χ2v) is 9.12. The first-order valence-corrected chi connectivity index (χ1v) is 9.04. The molecule has 1 N–H and O–H groups in total. The molecule has 0 spiro atoms. The molecule has 0 saturated heterocycles. The topological polar surface area (TPSA) is 104 Å². The lowest BCUT2D eigenvalue weighted by Gasteiger charge is -2.59. The lowest BCUT2D eigenvalue weighted by molar-refractivity contribution is -0.188. The molecular formula is C14H19F2O6S-. The van der Waals surface area contributed by atoms with Crippen molar-refractivity contribution in [2.45, 2.75) is 55.8 Å². The fourth-order valence-corrected chi connectivity index (χ4v) is 5.41. The van der Waals surface area contributed by atoms with Crippen LogP contribution in [-0.2, 0) is 19.6 Å². The molecule has 23 heavy (non-hydrogen) atoms. The molecule has 0 heterocycles. The maximum absolute atomic E-state index is 13.1. The number of halogens is 2. The Bertz CT molecular complexity index is 603. The van der Waals surface area contributed by atoms with E-state index < -0.39 is 38.8 Å². The predicted molar refractivity (Wildman–Crippen MR) is 72.3 cm³/mol. The molecule has 4 fully saturated rings. The van der Waals surface area contributed by atoms with Crippen LogP contribution in [0.1, 0.15) is 44.9 Å². The standard InChI is InChI=1S/C14H20F2O6S/c15-14(16,23(19,20)21)6-11(17)22-8-12-2-9-1-10(3-12)5-13(18,4-9)7-12/h9-10,18H,1-8H2,(H,19,20,21)/p-1. The summed E-state index contributed by atoms with van der Waals surface area (Å²) < 4.78 is 62.3. The van der Waals surface area contributed by atoms with Gasteiger partial charge >= 0.3 is 11.2 Å². The molecule has 4 aliphatic carbocycles. The molecule has 0 aromatic rings. The molecule has 0 radical (unpaired) electrons. The lowest BCUT2D eigenvalue weighted by atomic mass is 9.48. The van der Waals surface area contributed by atoms with Gasteiger partial charge in [-0.25, -0.2) is 8.42 Å². The van der Waals surface area contributed by atoms with Crippen LogP contribution in [0.25, 0.3) is 0 Å². The first-order chi connectivity index (χ1) is 10.4. The Hall–Kier alpha value is -0.800. The SMILES string of the molecule is O=C(CC(F)(F)S(=O)(=O)[O-])OCC12CC3CC(CC(O)(C3)C1)C2. The van der Waals surface area contributed by atoms with E-state index in [-0.39, 0.29) is 6.61 Å². The van der Waals surface area contributed by atoms with Crippen molar-refractivity contribution in [1.82, 2.24) is 0 Å². The molecule has 0 aliphatic heterocycles. The average molecular weight is 353 g/mol. The van der Waals surface area contributed by atoms with Crippen molar-refractivity contribution < 1.29 is 36.4 Å². The molecule has 9 heteroatoms. The van der Waals surface area contributed by atoms with Gasteiger partial charge in [0.2, 0.25) is 0 Å². The summed E-state index contributed by atoms with van der Waals surface area (Å²) >= 11 is 0. The number of hydrogen-bond donors (Lipinski definition) is 1. The first kappa shape index (κ1) is 17.0. The van der Waals surface area contributed by atoms with Gasteiger partial charge in [-0.2, -0.15) is 8.78 Å². The highest BCUT2D eigenvalue weighted by atomic mass is 32.2. The number of alkyl halides is 2. The minimum Gasteiger partial charge on any atom is -0.743 e. The molecule has 132 valence electrons. The normalized spacial score (nSPS) is 39.5. The Balaban J connectivity index is 1.62. The molecular weight excluding hydrogens is 334 g/mol. The van der Waals surface area contributed by atoms with E-state index in [0.717, 1.165) is 32.1 Å². The van der Waals surface area contributed by atoms with Crippen molar-refractivity contribution in [2.75, 3.05) is 6.61 Å². The molecule has 6 nitrogen and oxygen atoms in total. The second kappa shape index (κ2) is 5.10. The van der Waals surface area contributed by atoms with E-state index in [9.17, 15) is 31.7 Å². The van der Waals surface area contributed by atoms with Crippen LogP contribution in [-0.4, -0.2) is 41.5 Å². The average Bonchev–Trinajstić information content (AvgIpc) is 2.31. The quantitative estimate of drug-likeness (QED) is 0.592. The summed E-state index contributed by atoms with van der Waals surface area (Å²) in [7, 11) is -5.89. The zero-order valence-corrected chi connectivity index (χ0v) is 13.3. The van der Waals surface area contributed by atoms with Gasteiger partial charge in [0.25, 0.3) is 0 Å². The van der Waals surface area contributed by atoms with Gasteiger partial charge in [0.05, 0.1) is 12.2 Å². The van der Waals surface area contributed by atoms with Crippen LogP contribution in [0, 0.1) is 17.3 Å². The second-order valence-electron chi connectivity index (χ2n) is 7.61. The number of esters is 1. The van der Waals surface area contributed by atoms with Crippen molar-refractivity contribution in [3.63, 3.8) is 0 Å². The lowest BCUT2D eigenvalue weighted by Crippen LogP contribution is -2.57. The predicted octanol–water partition coefficient (Wildman–Crippen LogP) is 1.39. The molecule has 4 bridgehead atoms. The first-order valence-electron chi connectivity index (χ1n) is 7.63. The van der Waals surface area contributed by atoms with E-state index in [0.29, 0.717) is 18.3 Å². The smallest absolute Gasteiger partial charge is 0.344 e. The van der Waals surface area contributed by atoms with Crippen molar-refractivity contribution in [3.05, 3.63) is 0 Å². The number of aliphatic hydroxyl groups is 1. The Morgan fingerprint density at radius 3 is 2.30 bits per heavy atom.